The number of ether oxygens (including phenoxy) is 4. The molecule has 2 saturated carbocycles. The standard InChI is InChI=1S/C32H35Cl2F2NO7S/c1-4-24(33)23(25(34)5-2)16-28(21-11-13-27(44-32(35)36)30(14-21)42-18-20-8-9-20)43-31(38)22-10-12-26(37-45(3,39)40)29(15-22)41-17-19-6-7-19/h4-5,10-15,19-20,28,32,37H,1,6-9,16-18H2,2-3H3/b24-23+,25-5+/t28-/m0/s1. The third-order valence-corrected chi connectivity index (χ3v) is 8.48. The Balaban J connectivity index is 1.70. The smallest absolute Gasteiger partial charge is 0.387 e. The van der Waals surface area contributed by atoms with Gasteiger partial charge in [-0.2, -0.15) is 8.78 Å². The number of carbonyl (C=O) groups excluding carboxylic acids is 1. The van der Waals surface area contributed by atoms with Crippen molar-refractivity contribution in [3.63, 3.8) is 0 Å². The van der Waals surface area contributed by atoms with Gasteiger partial charge >= 0.3 is 12.6 Å². The summed E-state index contributed by atoms with van der Waals surface area (Å²) in [6.07, 6.45) is 6.98. The zero-order chi connectivity index (χ0) is 32.7. The SMILES string of the molecule is C=C/C(Cl)=C(C[C@H](OC(=O)c1ccc(NS(C)(=O)=O)c(OCC2CC2)c1)c1ccc(OC(F)F)c(OCC2CC2)c1)\C(Cl)=C/C. The molecule has 45 heavy (non-hydrogen) atoms. The Labute approximate surface area is 272 Å². The monoisotopic (exact) mass is 685 g/mol. The molecule has 0 bridgehead atoms. The first-order chi connectivity index (χ1) is 21.4. The molecule has 1 N–H and O–H groups in total. The van der Waals surface area contributed by atoms with Crippen molar-refractivity contribution >= 4 is 44.9 Å². The first-order valence-electron chi connectivity index (χ1n) is 14.4. The van der Waals surface area contributed by atoms with Crippen molar-refractivity contribution in [1.82, 2.24) is 0 Å². The highest BCUT2D eigenvalue weighted by atomic mass is 35.5. The van der Waals surface area contributed by atoms with Gasteiger partial charge in [0.1, 0.15) is 11.9 Å². The van der Waals surface area contributed by atoms with E-state index in [1.807, 2.05) is 0 Å². The van der Waals surface area contributed by atoms with Gasteiger partial charge in [-0.1, -0.05) is 48.0 Å². The zero-order valence-electron chi connectivity index (χ0n) is 24.9. The molecular weight excluding hydrogens is 651 g/mol. The minimum absolute atomic E-state index is 0.00433. The molecule has 8 nitrogen and oxygen atoms in total. The molecule has 0 aliphatic heterocycles. The predicted molar refractivity (Wildman–Crippen MR) is 170 cm³/mol. The maximum Gasteiger partial charge on any atom is 0.387 e. The fraction of sp³-hybridized carbons (Fsp3) is 0.406. The molecule has 13 heteroatoms. The molecule has 0 aromatic heterocycles. The summed E-state index contributed by atoms with van der Waals surface area (Å²) in [5.74, 6) is 0.0201. The number of allylic oxidation sites excluding steroid dienone is 4. The molecule has 0 saturated heterocycles. The van der Waals surface area contributed by atoms with Crippen molar-refractivity contribution in [3.8, 4) is 17.2 Å². The van der Waals surface area contributed by atoms with Crippen LogP contribution < -0.4 is 18.9 Å². The third-order valence-electron chi connectivity index (χ3n) is 7.06. The molecule has 4 rings (SSSR count). The summed E-state index contributed by atoms with van der Waals surface area (Å²) in [5, 5.41) is 0.532. The van der Waals surface area contributed by atoms with E-state index < -0.39 is 28.7 Å². The summed E-state index contributed by atoms with van der Waals surface area (Å²) >= 11 is 12.9. The molecule has 2 aromatic carbocycles. The minimum atomic E-state index is -3.63. The van der Waals surface area contributed by atoms with Crippen LogP contribution in [-0.2, 0) is 14.8 Å². The number of benzene rings is 2. The first kappa shape index (κ1) is 34.6. The van der Waals surface area contributed by atoms with E-state index in [0.29, 0.717) is 41.2 Å². The van der Waals surface area contributed by atoms with Gasteiger partial charge in [-0.25, -0.2) is 13.2 Å². The van der Waals surface area contributed by atoms with Crippen molar-refractivity contribution in [1.29, 1.82) is 0 Å². The van der Waals surface area contributed by atoms with Gasteiger partial charge in [-0.15, -0.1) is 0 Å². The van der Waals surface area contributed by atoms with Crippen molar-refractivity contribution in [2.24, 2.45) is 11.8 Å². The fourth-order valence-corrected chi connectivity index (χ4v) is 5.26. The molecular formula is C32H35Cl2F2NO7S. The Morgan fingerprint density at radius 3 is 2.22 bits per heavy atom. The lowest BCUT2D eigenvalue weighted by molar-refractivity contribution is -0.0515. The maximum atomic E-state index is 13.6. The van der Waals surface area contributed by atoms with E-state index in [2.05, 4.69) is 16.0 Å². The lowest BCUT2D eigenvalue weighted by Crippen LogP contribution is -2.15. The summed E-state index contributed by atoms with van der Waals surface area (Å²) in [7, 11) is -3.63. The Kier molecular flexibility index (Phi) is 11.8. The van der Waals surface area contributed by atoms with E-state index in [-0.39, 0.29) is 40.0 Å². The molecule has 244 valence electrons. The predicted octanol–water partition coefficient (Wildman–Crippen LogP) is 8.35. The number of esters is 1. The number of alkyl halides is 2. The topological polar surface area (TPSA) is 100 Å². The molecule has 0 heterocycles. The molecule has 2 aromatic rings. The third kappa shape index (κ3) is 10.6. The van der Waals surface area contributed by atoms with Gasteiger partial charge in [0, 0.05) is 16.5 Å². The van der Waals surface area contributed by atoms with Gasteiger partial charge < -0.3 is 18.9 Å². The van der Waals surface area contributed by atoms with E-state index >= 15 is 0 Å². The number of hydrogen-bond acceptors (Lipinski definition) is 7. The van der Waals surface area contributed by atoms with Crippen LogP contribution in [0.3, 0.4) is 0 Å². The summed E-state index contributed by atoms with van der Waals surface area (Å²) < 4.78 is 75.0. The van der Waals surface area contributed by atoms with Crippen LogP contribution in [0.15, 0.2) is 70.8 Å². The van der Waals surface area contributed by atoms with Gasteiger partial charge in [0.25, 0.3) is 0 Å². The zero-order valence-corrected chi connectivity index (χ0v) is 27.2. The van der Waals surface area contributed by atoms with Crippen LogP contribution in [0.1, 0.15) is 61.1 Å². The summed E-state index contributed by atoms with van der Waals surface area (Å²) in [5.41, 5.74) is 1.11. The number of hydrogen-bond donors (Lipinski definition) is 1. The van der Waals surface area contributed by atoms with Gasteiger partial charge in [0.2, 0.25) is 10.0 Å². The highest BCUT2D eigenvalue weighted by molar-refractivity contribution is 7.92. The largest absolute Gasteiger partial charge is 0.491 e. The molecule has 0 spiro atoms. The van der Waals surface area contributed by atoms with E-state index in [0.717, 1.165) is 31.9 Å². The van der Waals surface area contributed by atoms with E-state index in [1.165, 1.54) is 42.5 Å². The molecule has 2 aliphatic carbocycles. The molecule has 0 amide bonds. The van der Waals surface area contributed by atoms with Gasteiger partial charge in [-0.3, -0.25) is 4.72 Å². The fourth-order valence-electron chi connectivity index (χ4n) is 4.28. The number of sulfonamides is 1. The number of nitrogens with one attached hydrogen (secondary N) is 1. The van der Waals surface area contributed by atoms with Gasteiger partial charge in [-0.05, 0) is 85.9 Å². The second-order valence-corrected chi connectivity index (χ2v) is 13.5. The molecule has 2 aliphatic rings. The lowest BCUT2D eigenvalue weighted by atomic mass is 9.99. The number of rotatable bonds is 17. The highest BCUT2D eigenvalue weighted by Gasteiger charge is 2.27. The van der Waals surface area contributed by atoms with Crippen LogP contribution in [0, 0.1) is 11.8 Å². The molecule has 0 unspecified atom stereocenters. The Morgan fingerprint density at radius 1 is 1.02 bits per heavy atom. The second-order valence-electron chi connectivity index (χ2n) is 10.9. The Bertz CT molecular complexity index is 1570. The van der Waals surface area contributed by atoms with Crippen molar-refractivity contribution in [2.75, 3.05) is 24.2 Å². The quantitative estimate of drug-likeness (QED) is 0.132. The van der Waals surface area contributed by atoms with Crippen molar-refractivity contribution in [2.45, 2.75) is 51.7 Å². The van der Waals surface area contributed by atoms with Crippen LogP contribution in [0.25, 0.3) is 0 Å². The minimum Gasteiger partial charge on any atom is -0.491 e. The number of anilines is 1. The maximum absolute atomic E-state index is 13.6. The number of carbonyl (C=O) groups is 1. The van der Waals surface area contributed by atoms with Crippen LogP contribution in [0.4, 0.5) is 14.5 Å². The normalized spacial score (nSPS) is 16.5. The van der Waals surface area contributed by atoms with E-state index in [1.54, 1.807) is 13.0 Å². The van der Waals surface area contributed by atoms with Crippen LogP contribution >= 0.6 is 23.2 Å². The highest BCUT2D eigenvalue weighted by Crippen LogP contribution is 2.40. The summed E-state index contributed by atoms with van der Waals surface area (Å²) in [4.78, 5) is 13.6. The van der Waals surface area contributed by atoms with Crippen molar-refractivity contribution < 1.29 is 40.9 Å². The van der Waals surface area contributed by atoms with Gasteiger partial charge in [0.05, 0.1) is 30.7 Å². The van der Waals surface area contributed by atoms with Gasteiger partial charge in [0.15, 0.2) is 11.5 Å². The molecule has 1 atom stereocenters. The van der Waals surface area contributed by atoms with E-state index in [9.17, 15) is 22.0 Å². The molecule has 0 radical (unpaired) electrons. The van der Waals surface area contributed by atoms with Crippen molar-refractivity contribution in [3.05, 3.63) is 81.9 Å². The van der Waals surface area contributed by atoms with Crippen LogP contribution in [-0.4, -0.2) is 40.5 Å². The Morgan fingerprint density at radius 2 is 1.67 bits per heavy atom. The second kappa shape index (κ2) is 15.3. The van der Waals surface area contributed by atoms with Crippen LogP contribution in [0.5, 0.6) is 17.2 Å². The van der Waals surface area contributed by atoms with Crippen LogP contribution in [0.2, 0.25) is 0 Å². The summed E-state index contributed by atoms with van der Waals surface area (Å²) in [6, 6.07) is 8.55. The summed E-state index contributed by atoms with van der Waals surface area (Å²) in [6.45, 7) is 3.04. The lowest BCUT2D eigenvalue weighted by Gasteiger charge is -2.22. The van der Waals surface area contributed by atoms with E-state index in [4.69, 9.17) is 37.4 Å². The average Bonchev–Trinajstić information content (AvgIpc) is 3.92. The molecule has 2 fully saturated rings. The first-order valence-corrected chi connectivity index (χ1v) is 17.0. The number of halogens is 4. The average molecular weight is 687 g/mol. The Hall–Kier alpha value is -3.28.